The van der Waals surface area contributed by atoms with Crippen molar-refractivity contribution in [3.63, 3.8) is 0 Å². The maximum atomic E-state index is 4.46. The van der Waals surface area contributed by atoms with E-state index in [1.165, 1.54) is 24.1 Å². The smallest absolute Gasteiger partial charge is 0.191 e. The maximum absolute atomic E-state index is 4.46. The van der Waals surface area contributed by atoms with E-state index in [9.17, 15) is 0 Å². The highest BCUT2D eigenvalue weighted by molar-refractivity contribution is 14.0. The molecule has 3 aromatic rings. The third-order valence-electron chi connectivity index (χ3n) is 5.54. The summed E-state index contributed by atoms with van der Waals surface area (Å²) in [5.41, 5.74) is 4.73. The Morgan fingerprint density at radius 1 is 1.06 bits per heavy atom. The molecule has 0 aliphatic carbocycles. The van der Waals surface area contributed by atoms with Gasteiger partial charge in [0.2, 0.25) is 0 Å². The lowest BCUT2D eigenvalue weighted by atomic mass is 10.1. The molecule has 0 saturated carbocycles. The molecular weight excluding hydrogens is 499 g/mol. The van der Waals surface area contributed by atoms with Crippen LogP contribution in [0.4, 0.5) is 5.69 Å². The van der Waals surface area contributed by atoms with Crippen molar-refractivity contribution in [1.29, 1.82) is 0 Å². The van der Waals surface area contributed by atoms with Crippen molar-refractivity contribution in [1.82, 2.24) is 20.4 Å². The summed E-state index contributed by atoms with van der Waals surface area (Å²) in [6.07, 6.45) is 6.50. The molecule has 2 aromatic carbocycles. The van der Waals surface area contributed by atoms with Crippen molar-refractivity contribution >= 4 is 35.6 Å². The molecule has 0 spiro atoms. The normalized spacial score (nSPS) is 14.8. The van der Waals surface area contributed by atoms with Crippen LogP contribution in [0.1, 0.15) is 36.9 Å². The molecule has 0 bridgehead atoms. The monoisotopic (exact) mass is 530 g/mol. The van der Waals surface area contributed by atoms with E-state index < -0.39 is 0 Å². The number of aliphatic imine (C=N–C) groups is 1. The Morgan fingerprint density at radius 2 is 1.81 bits per heavy atom. The van der Waals surface area contributed by atoms with Gasteiger partial charge in [0.15, 0.2) is 5.96 Å². The Morgan fingerprint density at radius 3 is 2.55 bits per heavy atom. The number of halogens is 1. The summed E-state index contributed by atoms with van der Waals surface area (Å²) in [7, 11) is 1.80. The first-order valence-corrected chi connectivity index (χ1v) is 10.6. The van der Waals surface area contributed by atoms with Gasteiger partial charge in [0.05, 0.1) is 17.9 Å². The highest BCUT2D eigenvalue weighted by atomic mass is 127. The van der Waals surface area contributed by atoms with Gasteiger partial charge in [-0.1, -0.05) is 30.3 Å². The van der Waals surface area contributed by atoms with Gasteiger partial charge in [0.25, 0.3) is 0 Å². The second-order valence-corrected chi connectivity index (χ2v) is 7.71. The van der Waals surface area contributed by atoms with E-state index >= 15 is 0 Å². The second kappa shape index (κ2) is 11.2. The fourth-order valence-corrected chi connectivity index (χ4v) is 3.81. The van der Waals surface area contributed by atoms with E-state index in [0.29, 0.717) is 6.54 Å². The molecule has 31 heavy (non-hydrogen) atoms. The summed E-state index contributed by atoms with van der Waals surface area (Å²) in [6, 6.07) is 19.1. The van der Waals surface area contributed by atoms with E-state index in [4.69, 9.17) is 0 Å². The third kappa shape index (κ3) is 6.00. The predicted molar refractivity (Wildman–Crippen MR) is 139 cm³/mol. The zero-order valence-corrected chi connectivity index (χ0v) is 20.5. The molecule has 6 nitrogen and oxygen atoms in total. The zero-order chi connectivity index (χ0) is 20.8. The highest BCUT2D eigenvalue weighted by Gasteiger charge is 2.14. The van der Waals surface area contributed by atoms with E-state index in [0.717, 1.165) is 30.3 Å². The molecule has 7 heteroatoms. The molecule has 1 atom stereocenters. The number of para-hydroxylation sites is 1. The zero-order valence-electron chi connectivity index (χ0n) is 18.2. The summed E-state index contributed by atoms with van der Waals surface area (Å²) in [5.74, 6) is 0.779. The van der Waals surface area contributed by atoms with Crippen molar-refractivity contribution in [2.45, 2.75) is 32.4 Å². The molecule has 2 N–H and O–H groups in total. The first kappa shape index (κ1) is 23.1. The fraction of sp³-hybridized carbons (Fsp3) is 0.333. The molecule has 164 valence electrons. The minimum absolute atomic E-state index is 0. The molecule has 1 fully saturated rings. The first-order valence-electron chi connectivity index (χ1n) is 10.6. The summed E-state index contributed by atoms with van der Waals surface area (Å²) >= 11 is 0. The Bertz CT molecular complexity index is 978. The van der Waals surface area contributed by atoms with Crippen LogP contribution in [0.2, 0.25) is 0 Å². The van der Waals surface area contributed by atoms with Gasteiger partial charge < -0.3 is 15.5 Å². The van der Waals surface area contributed by atoms with Crippen LogP contribution in [-0.4, -0.2) is 35.9 Å². The van der Waals surface area contributed by atoms with Crippen molar-refractivity contribution in [2.75, 3.05) is 25.0 Å². The van der Waals surface area contributed by atoms with E-state index in [1.54, 1.807) is 7.05 Å². The number of guanidine groups is 1. The quantitative estimate of drug-likeness (QED) is 0.280. The topological polar surface area (TPSA) is 57.5 Å². The Hall–Kier alpha value is -2.55. The molecule has 1 aromatic heterocycles. The maximum Gasteiger partial charge on any atom is 0.191 e. The SMILES string of the molecule is CN=C(NCc1cnn(-c2ccccc2)c1)NC(C)c1cccc(N2CCCC2)c1.I. The molecule has 1 aliphatic rings. The van der Waals surface area contributed by atoms with Crippen molar-refractivity contribution in [2.24, 2.45) is 4.99 Å². The lowest BCUT2D eigenvalue weighted by Gasteiger charge is -2.22. The number of nitrogens with zero attached hydrogens (tertiary/aromatic N) is 4. The minimum Gasteiger partial charge on any atom is -0.372 e. The number of hydrogen-bond acceptors (Lipinski definition) is 3. The van der Waals surface area contributed by atoms with Crippen molar-refractivity contribution < 1.29 is 0 Å². The Labute approximate surface area is 201 Å². The van der Waals surface area contributed by atoms with Crippen LogP contribution < -0.4 is 15.5 Å². The fourth-order valence-electron chi connectivity index (χ4n) is 3.81. The van der Waals surface area contributed by atoms with Crippen molar-refractivity contribution in [3.8, 4) is 5.69 Å². The van der Waals surface area contributed by atoms with Crippen molar-refractivity contribution in [3.05, 3.63) is 78.1 Å². The number of aromatic nitrogens is 2. The minimum atomic E-state index is 0. The summed E-state index contributed by atoms with van der Waals surface area (Å²) in [4.78, 5) is 6.86. The van der Waals surface area contributed by atoms with Gasteiger partial charge in [0, 0.05) is 44.1 Å². The summed E-state index contributed by atoms with van der Waals surface area (Å²) < 4.78 is 1.89. The molecule has 4 rings (SSSR count). The van der Waals surface area contributed by atoms with Gasteiger partial charge in [0.1, 0.15) is 0 Å². The Kier molecular flexibility index (Phi) is 8.34. The molecule has 0 radical (unpaired) electrons. The van der Waals surface area contributed by atoms with E-state index in [-0.39, 0.29) is 30.0 Å². The van der Waals surface area contributed by atoms with Crippen LogP contribution >= 0.6 is 24.0 Å². The van der Waals surface area contributed by atoms with Crippen LogP contribution in [0, 0.1) is 0 Å². The number of nitrogens with one attached hydrogen (secondary N) is 2. The van der Waals surface area contributed by atoms with Gasteiger partial charge in [-0.05, 0) is 49.6 Å². The molecular formula is C24H31IN6. The van der Waals surface area contributed by atoms with Crippen LogP contribution in [0.5, 0.6) is 0 Å². The molecule has 1 unspecified atom stereocenters. The van der Waals surface area contributed by atoms with E-state index in [1.807, 2.05) is 47.4 Å². The van der Waals surface area contributed by atoms with Crippen LogP contribution in [0.25, 0.3) is 5.69 Å². The first-order chi connectivity index (χ1) is 14.7. The van der Waals surface area contributed by atoms with Gasteiger partial charge >= 0.3 is 0 Å². The molecule has 0 amide bonds. The number of hydrogen-bond donors (Lipinski definition) is 2. The van der Waals surface area contributed by atoms with Crippen LogP contribution in [-0.2, 0) is 6.54 Å². The molecule has 2 heterocycles. The van der Waals surface area contributed by atoms with E-state index in [2.05, 4.69) is 56.8 Å². The largest absolute Gasteiger partial charge is 0.372 e. The van der Waals surface area contributed by atoms with Crippen LogP contribution in [0.3, 0.4) is 0 Å². The summed E-state index contributed by atoms with van der Waals surface area (Å²) in [6.45, 7) is 5.15. The molecule has 1 aliphatic heterocycles. The van der Waals surface area contributed by atoms with Gasteiger partial charge in [-0.3, -0.25) is 4.99 Å². The van der Waals surface area contributed by atoms with Gasteiger partial charge in [-0.25, -0.2) is 4.68 Å². The second-order valence-electron chi connectivity index (χ2n) is 7.71. The lowest BCUT2D eigenvalue weighted by Crippen LogP contribution is -2.38. The summed E-state index contributed by atoms with van der Waals surface area (Å²) in [5, 5.41) is 11.4. The third-order valence-corrected chi connectivity index (χ3v) is 5.54. The lowest BCUT2D eigenvalue weighted by molar-refractivity contribution is 0.685. The standard InChI is InChI=1S/C24H30N6.HI/c1-19(21-9-8-12-23(15-21)29-13-6-7-14-29)28-24(25-2)26-16-20-17-27-30(18-20)22-10-4-3-5-11-22;/h3-5,8-12,15,17-19H,6-7,13-14,16H2,1-2H3,(H2,25,26,28);1H. The average Bonchev–Trinajstić information content (AvgIpc) is 3.50. The van der Waals surface area contributed by atoms with Gasteiger partial charge in [-0.2, -0.15) is 5.10 Å². The number of benzene rings is 2. The average molecular weight is 530 g/mol. The predicted octanol–water partition coefficient (Wildman–Crippen LogP) is 4.52. The highest BCUT2D eigenvalue weighted by Crippen LogP contribution is 2.24. The number of rotatable bonds is 6. The molecule has 1 saturated heterocycles. The Balaban J connectivity index is 0.00000272. The number of anilines is 1. The van der Waals surface area contributed by atoms with Gasteiger partial charge in [-0.15, -0.1) is 24.0 Å². The van der Waals surface area contributed by atoms with Crippen LogP contribution in [0.15, 0.2) is 72.0 Å².